The summed E-state index contributed by atoms with van der Waals surface area (Å²) in [6, 6.07) is 0. The number of allylic oxidation sites excluding steroid dienone is 2. The predicted molar refractivity (Wildman–Crippen MR) is 126 cm³/mol. The molecule has 5 aliphatic carbocycles. The van der Waals surface area contributed by atoms with Gasteiger partial charge in [0.2, 0.25) is 0 Å². The van der Waals surface area contributed by atoms with E-state index in [0.29, 0.717) is 22.2 Å². The lowest BCUT2D eigenvalue weighted by molar-refractivity contribution is -0.146. The van der Waals surface area contributed by atoms with Crippen molar-refractivity contribution in [3.8, 4) is 0 Å². The van der Waals surface area contributed by atoms with Crippen LogP contribution in [-0.2, 0) is 0 Å². The highest BCUT2D eigenvalue weighted by molar-refractivity contribution is 5.32. The van der Waals surface area contributed by atoms with Crippen molar-refractivity contribution in [2.45, 2.75) is 112 Å². The molecule has 5 aliphatic rings. The van der Waals surface area contributed by atoms with Crippen LogP contribution >= 0.6 is 0 Å². The van der Waals surface area contributed by atoms with Gasteiger partial charge in [0.05, 0.1) is 6.10 Å². The van der Waals surface area contributed by atoms with Gasteiger partial charge in [0.1, 0.15) is 0 Å². The third-order valence-electron chi connectivity index (χ3n) is 12.6. The SMILES string of the molecule is CC(C)C1CCC2C1CCC1(C)C3CCC4C(C)(CCC(O)C4(C)C)C3=CCC21C. The Morgan fingerprint density at radius 2 is 1.60 bits per heavy atom. The highest BCUT2D eigenvalue weighted by atomic mass is 16.3. The fourth-order valence-electron chi connectivity index (χ4n) is 10.6. The fourth-order valence-corrected chi connectivity index (χ4v) is 10.6. The highest BCUT2D eigenvalue weighted by Crippen LogP contribution is 2.73. The van der Waals surface area contributed by atoms with Crippen LogP contribution in [0.15, 0.2) is 11.6 Å². The van der Waals surface area contributed by atoms with E-state index < -0.39 is 0 Å². The number of hydrogen-bond acceptors (Lipinski definition) is 1. The minimum absolute atomic E-state index is 0.0497. The van der Waals surface area contributed by atoms with Crippen molar-refractivity contribution >= 4 is 0 Å². The quantitative estimate of drug-likeness (QED) is 0.439. The molecule has 0 bridgehead atoms. The number of rotatable bonds is 1. The normalized spacial score (nSPS) is 54.6. The van der Waals surface area contributed by atoms with E-state index in [9.17, 15) is 5.11 Å². The summed E-state index contributed by atoms with van der Waals surface area (Å²) in [6.45, 7) is 17.7. The van der Waals surface area contributed by atoms with Gasteiger partial charge < -0.3 is 5.11 Å². The molecule has 4 saturated carbocycles. The predicted octanol–water partition coefficient (Wildman–Crippen LogP) is 7.63. The number of aliphatic hydroxyl groups is 1. The molecule has 4 fully saturated rings. The van der Waals surface area contributed by atoms with E-state index in [-0.39, 0.29) is 11.5 Å². The van der Waals surface area contributed by atoms with Gasteiger partial charge in [0.15, 0.2) is 0 Å². The lowest BCUT2D eigenvalue weighted by Crippen LogP contribution is -2.60. The van der Waals surface area contributed by atoms with E-state index >= 15 is 0 Å². The van der Waals surface area contributed by atoms with Crippen molar-refractivity contribution in [1.82, 2.24) is 0 Å². The summed E-state index contributed by atoms with van der Waals surface area (Å²) >= 11 is 0. The molecule has 0 aliphatic heterocycles. The first-order chi connectivity index (χ1) is 14.0. The molecule has 0 heterocycles. The Kier molecular flexibility index (Phi) is 4.75. The van der Waals surface area contributed by atoms with Gasteiger partial charge in [-0.3, -0.25) is 0 Å². The molecular weight excluding hydrogens is 364 g/mol. The molecule has 0 aromatic rings. The molecule has 0 amide bonds. The fraction of sp³-hybridized carbons (Fsp3) is 0.931. The first-order valence-corrected chi connectivity index (χ1v) is 13.4. The summed E-state index contributed by atoms with van der Waals surface area (Å²) in [6.07, 6.45) is 14.7. The van der Waals surface area contributed by atoms with Crippen molar-refractivity contribution in [1.29, 1.82) is 0 Å². The first-order valence-electron chi connectivity index (χ1n) is 13.4. The Labute approximate surface area is 186 Å². The summed E-state index contributed by atoms with van der Waals surface area (Å²) < 4.78 is 0. The minimum atomic E-state index is -0.126. The average molecular weight is 413 g/mol. The van der Waals surface area contributed by atoms with E-state index in [0.717, 1.165) is 36.0 Å². The van der Waals surface area contributed by atoms with E-state index in [1.807, 2.05) is 5.57 Å². The molecule has 0 radical (unpaired) electrons. The molecule has 1 nitrogen and oxygen atoms in total. The van der Waals surface area contributed by atoms with E-state index in [1.54, 1.807) is 0 Å². The first kappa shape index (κ1) is 21.5. The van der Waals surface area contributed by atoms with Crippen LogP contribution in [-0.4, -0.2) is 11.2 Å². The Balaban J connectivity index is 1.53. The number of fused-ring (bicyclic) bond motifs is 7. The van der Waals surface area contributed by atoms with Crippen LogP contribution in [0.1, 0.15) is 106 Å². The maximum atomic E-state index is 10.8. The van der Waals surface area contributed by atoms with Crippen LogP contribution in [0.2, 0.25) is 0 Å². The van der Waals surface area contributed by atoms with Crippen molar-refractivity contribution in [2.75, 3.05) is 0 Å². The summed E-state index contributed by atoms with van der Waals surface area (Å²) in [7, 11) is 0. The molecule has 170 valence electrons. The Morgan fingerprint density at radius 1 is 0.867 bits per heavy atom. The molecule has 9 unspecified atom stereocenters. The smallest absolute Gasteiger partial charge is 0.0594 e. The third-order valence-corrected chi connectivity index (χ3v) is 12.6. The van der Waals surface area contributed by atoms with Crippen LogP contribution in [0.25, 0.3) is 0 Å². The zero-order valence-electron chi connectivity index (χ0n) is 20.9. The molecule has 0 saturated heterocycles. The van der Waals surface area contributed by atoms with Gasteiger partial charge in [-0.05, 0) is 115 Å². The number of aliphatic hydroxyl groups excluding tert-OH is 1. The minimum Gasteiger partial charge on any atom is -0.393 e. The highest BCUT2D eigenvalue weighted by Gasteiger charge is 2.65. The maximum absolute atomic E-state index is 10.8. The largest absolute Gasteiger partial charge is 0.393 e. The van der Waals surface area contributed by atoms with Gasteiger partial charge in [-0.1, -0.05) is 60.1 Å². The molecule has 30 heavy (non-hydrogen) atoms. The van der Waals surface area contributed by atoms with Crippen LogP contribution in [0.5, 0.6) is 0 Å². The summed E-state index contributed by atoms with van der Waals surface area (Å²) in [5.74, 6) is 5.16. The molecular formula is C29H48O. The van der Waals surface area contributed by atoms with Gasteiger partial charge in [-0.15, -0.1) is 0 Å². The average Bonchev–Trinajstić information content (AvgIpc) is 3.12. The van der Waals surface area contributed by atoms with Crippen LogP contribution in [0.4, 0.5) is 0 Å². The van der Waals surface area contributed by atoms with Crippen molar-refractivity contribution < 1.29 is 5.11 Å². The Morgan fingerprint density at radius 3 is 2.30 bits per heavy atom. The zero-order valence-corrected chi connectivity index (χ0v) is 20.9. The summed E-state index contributed by atoms with van der Waals surface area (Å²) in [5.41, 5.74) is 3.14. The lowest BCUT2D eigenvalue weighted by Gasteiger charge is -2.67. The second kappa shape index (κ2) is 6.61. The van der Waals surface area contributed by atoms with E-state index in [2.05, 4.69) is 54.5 Å². The van der Waals surface area contributed by atoms with E-state index in [4.69, 9.17) is 0 Å². The molecule has 1 heteroatoms. The molecule has 0 spiro atoms. The molecule has 0 aromatic carbocycles. The van der Waals surface area contributed by atoms with Gasteiger partial charge in [0.25, 0.3) is 0 Å². The second-order valence-electron chi connectivity index (χ2n) is 14.0. The third kappa shape index (κ3) is 2.51. The van der Waals surface area contributed by atoms with Gasteiger partial charge in [-0.25, -0.2) is 0 Å². The van der Waals surface area contributed by atoms with Crippen molar-refractivity contribution in [3.63, 3.8) is 0 Å². The monoisotopic (exact) mass is 412 g/mol. The molecule has 0 aromatic heterocycles. The maximum Gasteiger partial charge on any atom is 0.0594 e. The zero-order chi connectivity index (χ0) is 21.7. The molecule has 1 N–H and O–H groups in total. The molecule has 5 rings (SSSR count). The Bertz CT molecular complexity index is 733. The topological polar surface area (TPSA) is 20.2 Å². The van der Waals surface area contributed by atoms with E-state index in [1.165, 1.54) is 51.4 Å². The number of hydrogen-bond donors (Lipinski definition) is 1. The summed E-state index contributed by atoms with van der Waals surface area (Å²) in [4.78, 5) is 0. The van der Waals surface area contributed by atoms with Crippen LogP contribution in [0.3, 0.4) is 0 Å². The molecule has 9 atom stereocenters. The van der Waals surface area contributed by atoms with Gasteiger partial charge in [0, 0.05) is 0 Å². The van der Waals surface area contributed by atoms with Crippen molar-refractivity contribution in [3.05, 3.63) is 11.6 Å². The van der Waals surface area contributed by atoms with Crippen LogP contribution in [0, 0.1) is 57.2 Å². The van der Waals surface area contributed by atoms with Gasteiger partial charge in [-0.2, -0.15) is 0 Å². The van der Waals surface area contributed by atoms with Gasteiger partial charge >= 0.3 is 0 Å². The standard InChI is InChI=1S/C29H48O/c1-18(2)19-8-9-21-20(19)12-16-29(7)23-10-11-24-26(3,4)25(30)14-15-27(24,5)22(23)13-17-28(21,29)6/h13,18-21,23-25,30H,8-12,14-17H2,1-7H3. The van der Waals surface area contributed by atoms with Crippen molar-refractivity contribution in [2.24, 2.45) is 57.2 Å². The second-order valence-corrected chi connectivity index (χ2v) is 14.0. The lowest BCUT2D eigenvalue weighted by atomic mass is 9.37. The summed E-state index contributed by atoms with van der Waals surface area (Å²) in [5, 5.41) is 10.8. The van der Waals surface area contributed by atoms with Crippen LogP contribution < -0.4 is 0 Å². The Hall–Kier alpha value is -0.300.